The van der Waals surface area contributed by atoms with Crippen LogP contribution in [0.15, 0.2) is 82.6 Å². The van der Waals surface area contributed by atoms with Crippen LogP contribution in [0.5, 0.6) is 0 Å². The average molecular weight is 703 g/mol. The first kappa shape index (κ1) is 37.3. The van der Waals surface area contributed by atoms with Gasteiger partial charge in [0.2, 0.25) is 5.95 Å². The largest absolute Gasteiger partial charge is 0.355 e. The molecule has 0 radical (unpaired) electrons. The number of Topliss-reactive ketones (excluding diaryl/α,β-unsaturated/α-hetero) is 1. The summed E-state index contributed by atoms with van der Waals surface area (Å²) in [6.45, 7) is 16.2. The summed E-state index contributed by atoms with van der Waals surface area (Å²) in [5, 5.41) is 3.06. The first-order valence-corrected chi connectivity index (χ1v) is 19.3. The van der Waals surface area contributed by atoms with Crippen LogP contribution < -0.4 is 10.0 Å². The highest BCUT2D eigenvalue weighted by molar-refractivity contribution is 7.92. The van der Waals surface area contributed by atoms with E-state index in [1.807, 2.05) is 73.6 Å². The number of carbonyl (C=O) groups excluding carboxylic acids is 1. The molecule has 11 heteroatoms. The summed E-state index contributed by atoms with van der Waals surface area (Å²) in [5.41, 5.74) is 8.61. The topological polar surface area (TPSA) is 127 Å². The van der Waals surface area contributed by atoms with Crippen LogP contribution in [0.2, 0.25) is 0 Å². The van der Waals surface area contributed by atoms with Gasteiger partial charge in [0, 0.05) is 19.4 Å². The fourth-order valence-electron chi connectivity index (χ4n) is 5.26. The van der Waals surface area contributed by atoms with Crippen molar-refractivity contribution in [2.75, 3.05) is 16.6 Å². The smallest absolute Gasteiger partial charge is 0.271 e. The molecule has 49 heavy (non-hydrogen) atoms. The van der Waals surface area contributed by atoms with E-state index in [0.29, 0.717) is 35.6 Å². The number of imidazole rings is 1. The Morgan fingerprint density at radius 1 is 0.714 bits per heavy atom. The SMILES string of the molecule is CCCC(=O)Cc1cc(C)c(C)cc1NS(=O)(=O)c1ccc(C)cc1.CCNc1nc2cc(C)c(C)cc2n1S(=O)(=O)c1ccc(C)cc1. The van der Waals surface area contributed by atoms with Gasteiger partial charge in [-0.15, -0.1) is 0 Å². The van der Waals surface area contributed by atoms with Gasteiger partial charge in [0.25, 0.3) is 20.0 Å². The highest BCUT2D eigenvalue weighted by atomic mass is 32.2. The maximum atomic E-state index is 13.2. The number of carbonyl (C=O) groups is 1. The van der Waals surface area contributed by atoms with Crippen LogP contribution >= 0.6 is 0 Å². The fourth-order valence-corrected chi connectivity index (χ4v) is 7.78. The van der Waals surface area contributed by atoms with Crippen molar-refractivity contribution in [1.82, 2.24) is 8.96 Å². The first-order valence-electron chi connectivity index (χ1n) is 16.3. The zero-order valence-electron chi connectivity index (χ0n) is 29.5. The number of sulfonamides is 1. The van der Waals surface area contributed by atoms with E-state index in [2.05, 4.69) is 15.0 Å². The Morgan fingerprint density at radius 2 is 1.24 bits per heavy atom. The Labute approximate surface area is 290 Å². The molecule has 0 amide bonds. The quantitative estimate of drug-likeness (QED) is 0.143. The molecule has 0 aliphatic heterocycles. The Balaban J connectivity index is 0.000000221. The molecule has 5 aromatic rings. The molecule has 260 valence electrons. The molecule has 4 aromatic carbocycles. The zero-order chi connectivity index (χ0) is 36.1. The molecule has 5 rings (SSSR count). The number of aromatic nitrogens is 2. The molecule has 0 unspecified atom stereocenters. The minimum atomic E-state index is -3.73. The van der Waals surface area contributed by atoms with Crippen molar-refractivity contribution < 1.29 is 21.6 Å². The molecule has 0 aliphatic carbocycles. The number of fused-ring (bicyclic) bond motifs is 1. The third kappa shape index (κ3) is 8.76. The lowest BCUT2D eigenvalue weighted by Crippen LogP contribution is -2.16. The molecule has 2 N–H and O–H groups in total. The van der Waals surface area contributed by atoms with Gasteiger partial charge in [-0.05, 0) is 125 Å². The van der Waals surface area contributed by atoms with Crippen LogP contribution in [-0.4, -0.2) is 38.1 Å². The Bertz CT molecular complexity index is 2190. The second kappa shape index (κ2) is 15.4. The van der Waals surface area contributed by atoms with E-state index in [1.54, 1.807) is 54.6 Å². The maximum Gasteiger partial charge on any atom is 0.271 e. The summed E-state index contributed by atoms with van der Waals surface area (Å²) >= 11 is 0. The van der Waals surface area contributed by atoms with Crippen molar-refractivity contribution >= 4 is 48.5 Å². The number of anilines is 2. The van der Waals surface area contributed by atoms with Gasteiger partial charge in [0.05, 0.1) is 26.5 Å². The summed E-state index contributed by atoms with van der Waals surface area (Å²) in [6, 6.07) is 21.1. The molecule has 1 heterocycles. The normalized spacial score (nSPS) is 11.6. The molecule has 0 saturated heterocycles. The third-order valence-corrected chi connectivity index (χ3v) is 11.4. The second-order valence-corrected chi connectivity index (χ2v) is 15.9. The van der Waals surface area contributed by atoms with E-state index < -0.39 is 20.0 Å². The van der Waals surface area contributed by atoms with E-state index >= 15 is 0 Å². The van der Waals surface area contributed by atoms with E-state index in [4.69, 9.17) is 0 Å². The number of hydrogen-bond acceptors (Lipinski definition) is 7. The highest BCUT2D eigenvalue weighted by Crippen LogP contribution is 2.29. The van der Waals surface area contributed by atoms with Gasteiger partial charge in [0.15, 0.2) is 0 Å². The maximum absolute atomic E-state index is 13.2. The minimum absolute atomic E-state index is 0.113. The minimum Gasteiger partial charge on any atom is -0.355 e. The van der Waals surface area contributed by atoms with Crippen molar-refractivity contribution in [2.45, 2.75) is 84.4 Å². The van der Waals surface area contributed by atoms with E-state index in [-0.39, 0.29) is 22.0 Å². The molecule has 0 fully saturated rings. The number of hydrogen-bond donors (Lipinski definition) is 2. The van der Waals surface area contributed by atoms with Gasteiger partial charge in [-0.3, -0.25) is 9.52 Å². The van der Waals surface area contributed by atoms with Crippen molar-refractivity contribution in [3.63, 3.8) is 0 Å². The van der Waals surface area contributed by atoms with Crippen molar-refractivity contribution in [3.05, 3.63) is 112 Å². The lowest BCUT2D eigenvalue weighted by molar-refractivity contribution is -0.118. The molecule has 0 aliphatic rings. The standard InChI is InChI=1S/C20H25NO3S.C18H21N3O2S/c1-5-6-18(22)13-17-11-15(3)16(4)12-20(17)21-25(23,24)19-9-7-14(2)8-10-19;1-5-19-18-20-16-10-13(3)14(4)11-17(16)21(18)24(22,23)15-8-6-12(2)7-9-15/h7-12,21H,5-6,13H2,1-4H3;6-11H,5H2,1-4H3,(H,19,20). The van der Waals surface area contributed by atoms with Crippen molar-refractivity contribution in [2.24, 2.45) is 0 Å². The summed E-state index contributed by atoms with van der Waals surface area (Å²) in [7, 11) is -7.42. The highest BCUT2D eigenvalue weighted by Gasteiger charge is 2.25. The van der Waals surface area contributed by atoms with Crippen LogP contribution in [-0.2, 0) is 31.3 Å². The number of aryl methyl sites for hydroxylation is 6. The number of nitrogens with one attached hydrogen (secondary N) is 2. The Hall–Kier alpha value is -4.48. The van der Waals surface area contributed by atoms with Crippen molar-refractivity contribution in [3.8, 4) is 0 Å². The van der Waals surface area contributed by atoms with Gasteiger partial charge in [0.1, 0.15) is 5.78 Å². The third-order valence-electron chi connectivity index (χ3n) is 8.33. The van der Waals surface area contributed by atoms with Crippen molar-refractivity contribution in [1.29, 1.82) is 0 Å². The molecular weight excluding hydrogens is 657 g/mol. The van der Waals surface area contributed by atoms with E-state index in [9.17, 15) is 21.6 Å². The van der Waals surface area contributed by atoms with Crippen LogP contribution in [0, 0.1) is 41.5 Å². The van der Waals surface area contributed by atoms with E-state index in [0.717, 1.165) is 45.4 Å². The van der Waals surface area contributed by atoms with Gasteiger partial charge in [-0.25, -0.2) is 25.8 Å². The molecular formula is C38H46N4O5S2. The summed E-state index contributed by atoms with van der Waals surface area (Å²) in [5.74, 6) is 0.458. The Morgan fingerprint density at radius 3 is 1.82 bits per heavy atom. The molecule has 9 nitrogen and oxygen atoms in total. The number of nitrogens with zero attached hydrogens (tertiary/aromatic N) is 2. The predicted octanol–water partition coefficient (Wildman–Crippen LogP) is 7.95. The van der Waals surface area contributed by atoms with Gasteiger partial charge in [-0.1, -0.05) is 48.4 Å². The van der Waals surface area contributed by atoms with Gasteiger partial charge < -0.3 is 5.32 Å². The fraction of sp³-hybridized carbons (Fsp3) is 0.316. The summed E-state index contributed by atoms with van der Waals surface area (Å²) < 4.78 is 55.7. The van der Waals surface area contributed by atoms with Crippen LogP contribution in [0.25, 0.3) is 11.0 Å². The second-order valence-electron chi connectivity index (χ2n) is 12.5. The number of rotatable bonds is 11. The lowest BCUT2D eigenvalue weighted by Gasteiger charge is -2.15. The average Bonchev–Trinajstić information content (AvgIpc) is 3.38. The van der Waals surface area contributed by atoms with Crippen LogP contribution in [0.3, 0.4) is 0 Å². The number of ketones is 1. The first-order chi connectivity index (χ1) is 23.1. The van der Waals surface area contributed by atoms with Crippen LogP contribution in [0.1, 0.15) is 65.6 Å². The number of benzene rings is 4. The molecule has 0 spiro atoms. The zero-order valence-corrected chi connectivity index (χ0v) is 31.1. The molecule has 1 aromatic heterocycles. The summed E-state index contributed by atoms with van der Waals surface area (Å²) in [6.07, 6.45) is 1.52. The van der Waals surface area contributed by atoms with Crippen LogP contribution in [0.4, 0.5) is 11.6 Å². The molecule has 0 atom stereocenters. The molecule has 0 saturated carbocycles. The summed E-state index contributed by atoms with van der Waals surface area (Å²) in [4.78, 5) is 17.0. The monoisotopic (exact) mass is 702 g/mol. The molecule has 0 bridgehead atoms. The Kier molecular flexibility index (Phi) is 11.7. The lowest BCUT2D eigenvalue weighted by atomic mass is 9.99. The van der Waals surface area contributed by atoms with Gasteiger partial charge >= 0.3 is 0 Å². The van der Waals surface area contributed by atoms with Gasteiger partial charge in [-0.2, -0.15) is 0 Å². The predicted molar refractivity (Wildman–Crippen MR) is 199 cm³/mol. The van der Waals surface area contributed by atoms with E-state index in [1.165, 1.54) is 3.97 Å².